The van der Waals surface area contributed by atoms with Gasteiger partial charge in [-0.15, -0.1) is 5.10 Å². The molecule has 1 amide bonds. The fraction of sp³-hybridized carbons (Fsp3) is 0.533. The Morgan fingerprint density at radius 2 is 2.25 bits per heavy atom. The number of hydrogen-bond acceptors (Lipinski definition) is 8. The number of aromatic nitrogens is 4. The molecule has 2 fully saturated rings. The Kier molecular flexibility index (Phi) is 4.35. The van der Waals surface area contributed by atoms with E-state index in [1.807, 2.05) is 4.90 Å². The van der Waals surface area contributed by atoms with Crippen LogP contribution in [-0.4, -0.2) is 62.2 Å². The molecular weight excluding hydrogens is 328 g/mol. The summed E-state index contributed by atoms with van der Waals surface area (Å²) in [6, 6.07) is 1.90. The summed E-state index contributed by atoms with van der Waals surface area (Å²) in [6.45, 7) is 1.91. The van der Waals surface area contributed by atoms with Crippen LogP contribution in [-0.2, 0) is 4.74 Å². The molecule has 9 heteroatoms. The van der Waals surface area contributed by atoms with E-state index in [9.17, 15) is 4.79 Å². The van der Waals surface area contributed by atoms with Gasteiger partial charge in [-0.05, 0) is 30.4 Å². The second-order valence-corrected chi connectivity index (χ2v) is 6.59. The monoisotopic (exact) mass is 346 g/mol. The molecule has 3 heterocycles. The smallest absolute Gasteiger partial charge is 0.275 e. The van der Waals surface area contributed by atoms with Crippen molar-refractivity contribution in [1.82, 2.24) is 24.5 Å². The quantitative estimate of drug-likeness (QED) is 0.885. The molecule has 1 N–H and O–H groups in total. The zero-order valence-corrected chi connectivity index (χ0v) is 13.9. The molecule has 1 aliphatic heterocycles. The maximum atomic E-state index is 12.6. The van der Waals surface area contributed by atoms with Crippen LogP contribution in [0.5, 0.6) is 0 Å². The standard InChI is InChI=1S/C15H18N6O2S/c22-14(11-9-24-20-19-11)21-6-7-23-13-10(2-3-12(13)21)8-18-15-16-4-1-5-17-15/h1,4-5,9-10,12-13H,2-3,6-8H2,(H,16,17,18). The lowest BCUT2D eigenvalue weighted by molar-refractivity contribution is -0.0603. The van der Waals surface area contributed by atoms with E-state index in [-0.39, 0.29) is 18.1 Å². The van der Waals surface area contributed by atoms with Crippen LogP contribution in [0.25, 0.3) is 0 Å². The van der Waals surface area contributed by atoms with Gasteiger partial charge in [0.1, 0.15) is 0 Å². The third-order valence-electron chi connectivity index (χ3n) is 4.65. The van der Waals surface area contributed by atoms with E-state index in [0.29, 0.717) is 30.7 Å². The van der Waals surface area contributed by atoms with Crippen LogP contribution in [0.2, 0.25) is 0 Å². The molecule has 4 rings (SSSR count). The Morgan fingerprint density at radius 1 is 1.38 bits per heavy atom. The van der Waals surface area contributed by atoms with Crippen molar-refractivity contribution in [2.24, 2.45) is 5.92 Å². The van der Waals surface area contributed by atoms with E-state index in [4.69, 9.17) is 4.74 Å². The van der Waals surface area contributed by atoms with Crippen LogP contribution in [0.15, 0.2) is 23.8 Å². The third-order valence-corrected chi connectivity index (χ3v) is 5.15. The van der Waals surface area contributed by atoms with Gasteiger partial charge in [0.15, 0.2) is 5.69 Å². The van der Waals surface area contributed by atoms with Gasteiger partial charge < -0.3 is 15.0 Å². The number of nitrogens with one attached hydrogen (secondary N) is 1. The predicted molar refractivity (Wildman–Crippen MR) is 87.7 cm³/mol. The SMILES string of the molecule is O=C(c1csnn1)N1CCOC2C(CNc3ncccn3)CCC21. The van der Waals surface area contributed by atoms with Crippen LogP contribution >= 0.6 is 11.5 Å². The number of morpholine rings is 1. The Balaban J connectivity index is 1.42. The molecule has 2 aromatic rings. The number of carbonyl (C=O) groups is 1. The van der Waals surface area contributed by atoms with E-state index in [1.165, 1.54) is 11.5 Å². The van der Waals surface area contributed by atoms with E-state index in [2.05, 4.69) is 24.9 Å². The minimum absolute atomic E-state index is 0.0398. The van der Waals surface area contributed by atoms with Crippen molar-refractivity contribution >= 4 is 23.4 Å². The molecule has 1 saturated heterocycles. The van der Waals surface area contributed by atoms with Crippen LogP contribution in [0.4, 0.5) is 5.95 Å². The number of amides is 1. The highest BCUT2D eigenvalue weighted by molar-refractivity contribution is 7.03. The van der Waals surface area contributed by atoms with Crippen molar-refractivity contribution in [3.05, 3.63) is 29.5 Å². The first-order valence-corrected chi connectivity index (χ1v) is 8.87. The Hall–Kier alpha value is -2.13. The van der Waals surface area contributed by atoms with Gasteiger partial charge in [0.25, 0.3) is 5.91 Å². The van der Waals surface area contributed by atoms with Gasteiger partial charge in [0.05, 0.1) is 18.8 Å². The first kappa shape index (κ1) is 15.4. The Morgan fingerprint density at radius 3 is 3.04 bits per heavy atom. The van der Waals surface area contributed by atoms with Crippen molar-refractivity contribution in [2.45, 2.75) is 25.0 Å². The highest BCUT2D eigenvalue weighted by Gasteiger charge is 2.44. The summed E-state index contributed by atoms with van der Waals surface area (Å²) >= 11 is 1.20. The van der Waals surface area contributed by atoms with E-state index in [0.717, 1.165) is 19.4 Å². The lowest BCUT2D eigenvalue weighted by Crippen LogP contribution is -2.53. The maximum Gasteiger partial charge on any atom is 0.275 e. The summed E-state index contributed by atoms with van der Waals surface area (Å²) in [5.74, 6) is 0.920. The highest BCUT2D eigenvalue weighted by atomic mass is 32.1. The zero-order chi connectivity index (χ0) is 16.4. The van der Waals surface area contributed by atoms with Crippen molar-refractivity contribution in [2.75, 3.05) is 25.0 Å². The summed E-state index contributed by atoms with van der Waals surface area (Å²) in [6.07, 6.45) is 5.42. The number of anilines is 1. The Bertz CT molecular complexity index is 683. The van der Waals surface area contributed by atoms with Crippen molar-refractivity contribution in [3.63, 3.8) is 0 Å². The van der Waals surface area contributed by atoms with Crippen LogP contribution in [0.1, 0.15) is 23.3 Å². The molecule has 3 atom stereocenters. The molecule has 2 aromatic heterocycles. The van der Waals surface area contributed by atoms with Crippen molar-refractivity contribution < 1.29 is 9.53 Å². The second-order valence-electron chi connectivity index (χ2n) is 5.98. The van der Waals surface area contributed by atoms with Gasteiger partial charge in [-0.3, -0.25) is 4.79 Å². The number of ether oxygens (including phenoxy) is 1. The van der Waals surface area contributed by atoms with Gasteiger partial charge in [-0.1, -0.05) is 4.49 Å². The fourth-order valence-electron chi connectivity index (χ4n) is 3.55. The zero-order valence-electron chi connectivity index (χ0n) is 13.0. The average Bonchev–Trinajstić information content (AvgIpc) is 3.30. The summed E-state index contributed by atoms with van der Waals surface area (Å²) in [7, 11) is 0. The molecular formula is C15H18N6O2S. The molecule has 1 saturated carbocycles. The molecule has 24 heavy (non-hydrogen) atoms. The van der Waals surface area contributed by atoms with Gasteiger partial charge in [0.2, 0.25) is 5.95 Å². The molecule has 0 spiro atoms. The molecule has 0 radical (unpaired) electrons. The summed E-state index contributed by atoms with van der Waals surface area (Å²) in [5.41, 5.74) is 0.430. The van der Waals surface area contributed by atoms with Gasteiger partial charge >= 0.3 is 0 Å². The fourth-order valence-corrected chi connectivity index (χ4v) is 3.98. The normalized spacial score (nSPS) is 26.2. The lowest BCUT2D eigenvalue weighted by atomic mass is 10.0. The summed E-state index contributed by atoms with van der Waals surface area (Å²) in [4.78, 5) is 22.9. The van der Waals surface area contributed by atoms with E-state index in [1.54, 1.807) is 23.8 Å². The predicted octanol–water partition coefficient (Wildman–Crippen LogP) is 1.06. The van der Waals surface area contributed by atoms with Gasteiger partial charge in [-0.25, -0.2) is 9.97 Å². The number of carbonyl (C=O) groups excluding carboxylic acids is 1. The van der Waals surface area contributed by atoms with Crippen LogP contribution in [0, 0.1) is 5.92 Å². The third kappa shape index (κ3) is 2.96. The Labute approximate surface area is 143 Å². The second kappa shape index (κ2) is 6.78. The first-order valence-electron chi connectivity index (χ1n) is 8.03. The first-order chi connectivity index (χ1) is 11.8. The number of rotatable bonds is 4. The summed E-state index contributed by atoms with van der Waals surface area (Å²) < 4.78 is 9.78. The molecule has 126 valence electrons. The number of fused-ring (bicyclic) bond motifs is 1. The summed E-state index contributed by atoms with van der Waals surface area (Å²) in [5, 5.41) is 8.88. The molecule has 0 bridgehead atoms. The minimum Gasteiger partial charge on any atom is -0.374 e. The van der Waals surface area contributed by atoms with Crippen molar-refractivity contribution in [3.8, 4) is 0 Å². The van der Waals surface area contributed by atoms with Crippen molar-refractivity contribution in [1.29, 1.82) is 0 Å². The average molecular weight is 346 g/mol. The van der Waals surface area contributed by atoms with E-state index < -0.39 is 0 Å². The minimum atomic E-state index is -0.0398. The largest absolute Gasteiger partial charge is 0.374 e. The number of nitrogens with zero attached hydrogens (tertiary/aromatic N) is 5. The molecule has 3 unspecified atom stereocenters. The maximum absolute atomic E-state index is 12.6. The van der Waals surface area contributed by atoms with Gasteiger partial charge in [-0.2, -0.15) is 0 Å². The molecule has 0 aromatic carbocycles. The molecule has 1 aliphatic carbocycles. The molecule has 8 nitrogen and oxygen atoms in total. The lowest BCUT2D eigenvalue weighted by Gasteiger charge is -2.39. The topological polar surface area (TPSA) is 93.1 Å². The molecule has 2 aliphatic rings. The van der Waals surface area contributed by atoms with Gasteiger partial charge in [0, 0.05) is 36.8 Å². The van der Waals surface area contributed by atoms with Crippen LogP contribution < -0.4 is 5.32 Å². The van der Waals surface area contributed by atoms with E-state index >= 15 is 0 Å². The van der Waals surface area contributed by atoms with Crippen LogP contribution in [0.3, 0.4) is 0 Å². The highest BCUT2D eigenvalue weighted by Crippen LogP contribution is 2.35. The number of hydrogen-bond donors (Lipinski definition) is 1.